The molecule has 0 fully saturated rings. The Morgan fingerprint density at radius 3 is 1.89 bits per heavy atom. The van der Waals surface area contributed by atoms with Gasteiger partial charge in [-0.2, -0.15) is 26.3 Å². The highest BCUT2D eigenvalue weighted by Crippen LogP contribution is 2.42. The smallest absolute Gasteiger partial charge is 0.313 e. The van der Waals surface area contributed by atoms with E-state index in [0.717, 1.165) is 0 Å². The molecule has 0 radical (unpaired) electrons. The number of allylic oxidation sites excluding steroid dienone is 1. The van der Waals surface area contributed by atoms with Crippen LogP contribution in [0, 0.1) is 5.92 Å². The molecule has 0 rings (SSSR count). The Morgan fingerprint density at radius 2 is 1.58 bits per heavy atom. The third kappa shape index (κ3) is 6.84. The van der Waals surface area contributed by atoms with Crippen LogP contribution in [0.1, 0.15) is 33.1 Å². The molecule has 1 atom stereocenters. The summed E-state index contributed by atoms with van der Waals surface area (Å²) in [5.41, 5.74) is 0.561. The molecule has 1 nitrogen and oxygen atoms in total. The van der Waals surface area contributed by atoms with Crippen molar-refractivity contribution in [3.8, 4) is 0 Å². The molecule has 0 aromatic rings. The van der Waals surface area contributed by atoms with Crippen LogP contribution in [-0.2, 0) is 0 Å². The first-order chi connectivity index (χ1) is 8.50. The number of rotatable bonds is 7. The highest BCUT2D eigenvalue weighted by atomic mass is 19.4. The molecule has 0 amide bonds. The number of hydrogen-bond acceptors (Lipinski definition) is 1. The van der Waals surface area contributed by atoms with Crippen LogP contribution in [0.5, 0.6) is 0 Å². The zero-order chi connectivity index (χ0) is 15.3. The van der Waals surface area contributed by atoms with Gasteiger partial charge in [-0.15, -0.1) is 6.58 Å². The van der Waals surface area contributed by atoms with Crippen molar-refractivity contribution in [2.75, 3.05) is 6.54 Å². The lowest BCUT2D eigenvalue weighted by Crippen LogP contribution is -2.51. The Morgan fingerprint density at radius 1 is 1.11 bits per heavy atom. The standard InChI is InChI=1S/C12H19F6N/c1-4-7-19-9(6-5-8(2)3)10(11(13,14)15)12(16,17)18/h9-10,19H,2,4-7H2,1,3H3. The highest BCUT2D eigenvalue weighted by molar-refractivity contribution is 4.93. The first-order valence-corrected chi connectivity index (χ1v) is 6.01. The van der Waals surface area contributed by atoms with Crippen LogP contribution in [0.25, 0.3) is 0 Å². The van der Waals surface area contributed by atoms with Gasteiger partial charge >= 0.3 is 12.4 Å². The molecule has 0 aliphatic carbocycles. The predicted octanol–water partition coefficient (Wildman–Crippen LogP) is 4.45. The van der Waals surface area contributed by atoms with Crippen molar-refractivity contribution in [3.63, 3.8) is 0 Å². The van der Waals surface area contributed by atoms with E-state index >= 15 is 0 Å². The molecule has 1 unspecified atom stereocenters. The summed E-state index contributed by atoms with van der Waals surface area (Å²) in [6.45, 7) is 6.87. The summed E-state index contributed by atoms with van der Waals surface area (Å²) in [7, 11) is 0. The van der Waals surface area contributed by atoms with E-state index in [-0.39, 0.29) is 19.4 Å². The number of alkyl halides is 6. The second-order valence-electron chi connectivity index (χ2n) is 4.62. The first-order valence-electron chi connectivity index (χ1n) is 6.01. The lowest BCUT2D eigenvalue weighted by molar-refractivity contribution is -0.292. The number of halogens is 6. The van der Waals surface area contributed by atoms with Gasteiger partial charge in [0.25, 0.3) is 0 Å². The molecule has 19 heavy (non-hydrogen) atoms. The SMILES string of the molecule is C=C(C)CCC(NCCC)C(C(F)(F)F)C(F)(F)F. The molecule has 0 spiro atoms. The summed E-state index contributed by atoms with van der Waals surface area (Å²) in [6.07, 6.45) is -10.3. The Labute approximate surface area is 109 Å². The summed E-state index contributed by atoms with van der Waals surface area (Å²) in [5.74, 6) is -3.34. The third-order valence-corrected chi connectivity index (χ3v) is 2.65. The van der Waals surface area contributed by atoms with Gasteiger partial charge in [-0.3, -0.25) is 0 Å². The fraction of sp³-hybridized carbons (Fsp3) is 0.833. The van der Waals surface area contributed by atoms with E-state index < -0.39 is 24.3 Å². The number of hydrogen-bond donors (Lipinski definition) is 1. The van der Waals surface area contributed by atoms with Crippen molar-refractivity contribution in [1.29, 1.82) is 0 Å². The van der Waals surface area contributed by atoms with Crippen molar-refractivity contribution in [3.05, 3.63) is 12.2 Å². The molecule has 0 heterocycles. The second-order valence-corrected chi connectivity index (χ2v) is 4.62. The summed E-state index contributed by atoms with van der Waals surface area (Å²) in [6, 6.07) is -1.67. The molecule has 1 N–H and O–H groups in total. The monoisotopic (exact) mass is 291 g/mol. The van der Waals surface area contributed by atoms with E-state index in [2.05, 4.69) is 11.9 Å². The van der Waals surface area contributed by atoms with E-state index in [0.29, 0.717) is 12.0 Å². The van der Waals surface area contributed by atoms with Crippen LogP contribution in [0.15, 0.2) is 12.2 Å². The summed E-state index contributed by atoms with van der Waals surface area (Å²) in [4.78, 5) is 0. The maximum atomic E-state index is 12.6. The molecular weight excluding hydrogens is 272 g/mol. The van der Waals surface area contributed by atoms with E-state index in [1.165, 1.54) is 0 Å². The normalized spacial score (nSPS) is 14.8. The molecule has 114 valence electrons. The van der Waals surface area contributed by atoms with Crippen LogP contribution in [0.3, 0.4) is 0 Å². The van der Waals surface area contributed by atoms with Crippen LogP contribution >= 0.6 is 0 Å². The van der Waals surface area contributed by atoms with Gasteiger partial charge in [0.1, 0.15) is 0 Å². The Kier molecular flexibility index (Phi) is 6.89. The maximum absolute atomic E-state index is 12.6. The third-order valence-electron chi connectivity index (χ3n) is 2.65. The van der Waals surface area contributed by atoms with Gasteiger partial charge in [0.05, 0.1) is 0 Å². The zero-order valence-corrected chi connectivity index (χ0v) is 11.0. The minimum absolute atomic E-state index is 0.115. The molecule has 0 aliphatic rings. The molecule has 0 saturated carbocycles. The van der Waals surface area contributed by atoms with E-state index in [4.69, 9.17) is 0 Å². The predicted molar refractivity (Wildman–Crippen MR) is 61.7 cm³/mol. The number of nitrogens with one attached hydrogen (secondary N) is 1. The molecule has 0 saturated heterocycles. The molecule has 0 bridgehead atoms. The lowest BCUT2D eigenvalue weighted by Gasteiger charge is -2.31. The van der Waals surface area contributed by atoms with Crippen molar-refractivity contribution in [2.45, 2.75) is 51.5 Å². The average molecular weight is 291 g/mol. The largest absolute Gasteiger partial charge is 0.401 e. The van der Waals surface area contributed by atoms with Gasteiger partial charge in [0, 0.05) is 6.04 Å². The molecule has 0 aromatic carbocycles. The van der Waals surface area contributed by atoms with Crippen LogP contribution in [0.2, 0.25) is 0 Å². The molecule has 7 heteroatoms. The average Bonchev–Trinajstić information content (AvgIpc) is 2.17. The van der Waals surface area contributed by atoms with Gasteiger partial charge in [-0.05, 0) is 32.7 Å². The van der Waals surface area contributed by atoms with Crippen molar-refractivity contribution in [2.24, 2.45) is 5.92 Å². The van der Waals surface area contributed by atoms with Gasteiger partial charge < -0.3 is 5.32 Å². The minimum Gasteiger partial charge on any atom is -0.313 e. The molecular formula is C12H19F6N. The van der Waals surface area contributed by atoms with Crippen LogP contribution in [0.4, 0.5) is 26.3 Å². The lowest BCUT2D eigenvalue weighted by atomic mass is 9.92. The van der Waals surface area contributed by atoms with E-state index in [9.17, 15) is 26.3 Å². The van der Waals surface area contributed by atoms with E-state index in [1.807, 2.05) is 0 Å². The summed E-state index contributed by atoms with van der Waals surface area (Å²) in [5, 5.41) is 2.36. The first kappa shape index (κ1) is 18.3. The summed E-state index contributed by atoms with van der Waals surface area (Å²) >= 11 is 0. The van der Waals surface area contributed by atoms with Crippen LogP contribution < -0.4 is 5.32 Å². The van der Waals surface area contributed by atoms with Gasteiger partial charge in [0.15, 0.2) is 5.92 Å². The molecule has 0 aromatic heterocycles. The quantitative estimate of drug-likeness (QED) is 0.539. The second kappa shape index (κ2) is 7.17. The Hall–Kier alpha value is -0.720. The van der Waals surface area contributed by atoms with Crippen LogP contribution in [-0.4, -0.2) is 24.9 Å². The topological polar surface area (TPSA) is 12.0 Å². The van der Waals surface area contributed by atoms with Gasteiger partial charge in [-0.1, -0.05) is 12.5 Å². The Bertz CT molecular complexity index is 267. The zero-order valence-electron chi connectivity index (χ0n) is 11.0. The van der Waals surface area contributed by atoms with Gasteiger partial charge in [-0.25, -0.2) is 0 Å². The van der Waals surface area contributed by atoms with E-state index in [1.54, 1.807) is 13.8 Å². The van der Waals surface area contributed by atoms with Crippen molar-refractivity contribution < 1.29 is 26.3 Å². The van der Waals surface area contributed by atoms with Crippen molar-refractivity contribution >= 4 is 0 Å². The summed E-state index contributed by atoms with van der Waals surface area (Å²) < 4.78 is 75.8. The van der Waals surface area contributed by atoms with Gasteiger partial charge in [0.2, 0.25) is 0 Å². The maximum Gasteiger partial charge on any atom is 0.401 e. The molecule has 0 aliphatic heterocycles. The fourth-order valence-corrected chi connectivity index (χ4v) is 1.76. The highest BCUT2D eigenvalue weighted by Gasteiger charge is 2.59. The van der Waals surface area contributed by atoms with Crippen molar-refractivity contribution in [1.82, 2.24) is 5.32 Å². The Balaban J connectivity index is 5.06. The minimum atomic E-state index is -5.31. The fourth-order valence-electron chi connectivity index (χ4n) is 1.76.